The van der Waals surface area contributed by atoms with Crippen molar-refractivity contribution in [1.82, 2.24) is 9.88 Å². The average molecular weight is 156 g/mol. The van der Waals surface area contributed by atoms with Gasteiger partial charge in [-0.15, -0.1) is 11.3 Å². The van der Waals surface area contributed by atoms with Crippen LogP contribution in [0.2, 0.25) is 0 Å². The highest BCUT2D eigenvalue weighted by Gasteiger charge is 2.08. The van der Waals surface area contributed by atoms with Gasteiger partial charge in [0.2, 0.25) is 0 Å². The summed E-state index contributed by atoms with van der Waals surface area (Å²) in [7, 11) is 4.12. The molecule has 1 rings (SSSR count). The van der Waals surface area contributed by atoms with Crippen LogP contribution in [-0.2, 0) is 0 Å². The van der Waals surface area contributed by atoms with Crippen LogP contribution in [0.4, 0.5) is 0 Å². The highest BCUT2D eigenvalue weighted by Crippen LogP contribution is 2.18. The summed E-state index contributed by atoms with van der Waals surface area (Å²) < 4.78 is 0. The number of hydrogen-bond donors (Lipinski definition) is 0. The number of aromatic nitrogens is 1. The molecule has 10 heavy (non-hydrogen) atoms. The molecule has 0 unspecified atom stereocenters. The van der Waals surface area contributed by atoms with E-state index in [1.54, 1.807) is 11.3 Å². The second-order valence-corrected chi connectivity index (χ2v) is 3.44. The molecule has 2 nitrogen and oxygen atoms in total. The van der Waals surface area contributed by atoms with Crippen LogP contribution in [0.5, 0.6) is 0 Å². The van der Waals surface area contributed by atoms with E-state index in [4.69, 9.17) is 0 Å². The highest BCUT2D eigenvalue weighted by atomic mass is 32.1. The molecule has 0 N–H and O–H groups in total. The fraction of sp³-hybridized carbons (Fsp3) is 0.571. The zero-order chi connectivity index (χ0) is 7.56. The molecule has 1 atom stereocenters. The summed E-state index contributed by atoms with van der Waals surface area (Å²) in [6.45, 7) is 2.15. The maximum absolute atomic E-state index is 4.21. The van der Waals surface area contributed by atoms with Crippen molar-refractivity contribution in [3.8, 4) is 0 Å². The van der Waals surface area contributed by atoms with E-state index in [-0.39, 0.29) is 0 Å². The predicted octanol–water partition coefficient (Wildman–Crippen LogP) is 1.77. The Hall–Kier alpha value is -0.410. The Labute approximate surface area is 65.5 Å². The molecule has 0 radical (unpaired) electrons. The van der Waals surface area contributed by atoms with Crippen molar-refractivity contribution >= 4 is 11.3 Å². The van der Waals surface area contributed by atoms with Gasteiger partial charge in [-0.2, -0.15) is 0 Å². The highest BCUT2D eigenvalue weighted by molar-refractivity contribution is 7.09. The van der Waals surface area contributed by atoms with Gasteiger partial charge in [0, 0.05) is 11.6 Å². The first-order valence-corrected chi connectivity index (χ1v) is 4.15. The number of nitrogens with zero attached hydrogens (tertiary/aromatic N) is 2. The molecule has 0 fully saturated rings. The van der Waals surface area contributed by atoms with Gasteiger partial charge in [-0.3, -0.25) is 0 Å². The minimum absolute atomic E-state index is 0.444. The van der Waals surface area contributed by atoms with Gasteiger partial charge in [0.05, 0.1) is 6.04 Å². The van der Waals surface area contributed by atoms with E-state index in [1.807, 2.05) is 11.6 Å². The normalized spacial score (nSPS) is 14.0. The van der Waals surface area contributed by atoms with E-state index >= 15 is 0 Å². The van der Waals surface area contributed by atoms with Gasteiger partial charge in [-0.1, -0.05) is 0 Å². The molecule has 1 aromatic rings. The summed E-state index contributed by atoms with van der Waals surface area (Å²) in [4.78, 5) is 6.37. The minimum Gasteiger partial charge on any atom is -0.300 e. The zero-order valence-corrected chi connectivity index (χ0v) is 7.35. The fourth-order valence-electron chi connectivity index (χ4n) is 0.662. The molecule has 0 bridgehead atoms. The first-order valence-electron chi connectivity index (χ1n) is 3.27. The lowest BCUT2D eigenvalue weighted by Crippen LogP contribution is -2.16. The Balaban J connectivity index is 2.68. The van der Waals surface area contributed by atoms with Crippen molar-refractivity contribution < 1.29 is 0 Å². The smallest absolute Gasteiger partial charge is 0.109 e. The van der Waals surface area contributed by atoms with Gasteiger partial charge >= 0.3 is 0 Å². The summed E-state index contributed by atoms with van der Waals surface area (Å²) in [5.74, 6) is 0. The Morgan fingerprint density at radius 2 is 2.30 bits per heavy atom. The second kappa shape index (κ2) is 3.12. The van der Waals surface area contributed by atoms with Crippen LogP contribution < -0.4 is 0 Å². The summed E-state index contributed by atoms with van der Waals surface area (Å²) in [6, 6.07) is 0.444. The van der Waals surface area contributed by atoms with Crippen LogP contribution in [0.3, 0.4) is 0 Å². The number of hydrogen-bond acceptors (Lipinski definition) is 3. The van der Waals surface area contributed by atoms with E-state index in [0.717, 1.165) is 0 Å². The SMILES string of the molecule is C[C@H](c1nccs1)N(C)C. The van der Waals surface area contributed by atoms with Gasteiger partial charge < -0.3 is 4.90 Å². The molecule has 1 heterocycles. The molecule has 0 spiro atoms. The van der Waals surface area contributed by atoms with Crippen molar-refractivity contribution in [3.63, 3.8) is 0 Å². The second-order valence-electron chi connectivity index (χ2n) is 2.51. The van der Waals surface area contributed by atoms with Crippen molar-refractivity contribution in [1.29, 1.82) is 0 Å². The molecule has 1 aromatic heterocycles. The largest absolute Gasteiger partial charge is 0.300 e. The van der Waals surface area contributed by atoms with E-state index in [1.165, 1.54) is 5.01 Å². The third-order valence-electron chi connectivity index (χ3n) is 1.58. The summed E-state index contributed by atoms with van der Waals surface area (Å²) in [5.41, 5.74) is 0. The standard InChI is InChI=1S/C7H12N2S/c1-6(9(2)3)7-8-4-5-10-7/h4-6H,1-3H3/t6-/m1/s1. The van der Waals surface area contributed by atoms with Crippen LogP contribution in [-0.4, -0.2) is 24.0 Å². The lowest BCUT2D eigenvalue weighted by Gasteiger charge is -2.16. The van der Waals surface area contributed by atoms with E-state index in [2.05, 4.69) is 30.9 Å². The van der Waals surface area contributed by atoms with Crippen LogP contribution in [0, 0.1) is 0 Å². The average Bonchev–Trinajstić information content (AvgIpc) is 2.36. The molecule has 0 aliphatic heterocycles. The maximum atomic E-state index is 4.21. The summed E-state index contributed by atoms with van der Waals surface area (Å²) >= 11 is 1.71. The molecule has 56 valence electrons. The summed E-state index contributed by atoms with van der Waals surface area (Å²) in [6.07, 6.45) is 1.85. The Bertz CT molecular complexity index is 181. The Morgan fingerprint density at radius 1 is 1.60 bits per heavy atom. The zero-order valence-electron chi connectivity index (χ0n) is 6.53. The van der Waals surface area contributed by atoms with E-state index < -0.39 is 0 Å². The van der Waals surface area contributed by atoms with Gasteiger partial charge in [0.15, 0.2) is 0 Å². The fourth-order valence-corrected chi connectivity index (χ4v) is 1.45. The summed E-state index contributed by atoms with van der Waals surface area (Å²) in [5, 5.41) is 3.19. The molecule has 0 aliphatic carbocycles. The lowest BCUT2D eigenvalue weighted by molar-refractivity contribution is 0.320. The van der Waals surface area contributed by atoms with Gasteiger partial charge in [-0.25, -0.2) is 4.98 Å². The topological polar surface area (TPSA) is 16.1 Å². The van der Waals surface area contributed by atoms with Crippen LogP contribution >= 0.6 is 11.3 Å². The quantitative estimate of drug-likeness (QED) is 0.648. The third kappa shape index (κ3) is 1.55. The molecular formula is C7H12N2S. The van der Waals surface area contributed by atoms with Crippen molar-refractivity contribution in [3.05, 3.63) is 16.6 Å². The van der Waals surface area contributed by atoms with Crippen molar-refractivity contribution in [2.24, 2.45) is 0 Å². The van der Waals surface area contributed by atoms with Crippen LogP contribution in [0.15, 0.2) is 11.6 Å². The molecule has 0 aliphatic rings. The van der Waals surface area contributed by atoms with Gasteiger partial charge in [0.1, 0.15) is 5.01 Å². The maximum Gasteiger partial charge on any atom is 0.109 e. The Morgan fingerprint density at radius 3 is 2.70 bits per heavy atom. The first-order chi connectivity index (χ1) is 4.72. The Kier molecular flexibility index (Phi) is 2.40. The molecule has 0 saturated heterocycles. The number of rotatable bonds is 2. The van der Waals surface area contributed by atoms with Crippen molar-refractivity contribution in [2.45, 2.75) is 13.0 Å². The molecule has 3 heteroatoms. The van der Waals surface area contributed by atoms with E-state index in [9.17, 15) is 0 Å². The predicted molar refractivity (Wildman–Crippen MR) is 44.2 cm³/mol. The van der Waals surface area contributed by atoms with Gasteiger partial charge in [0.25, 0.3) is 0 Å². The van der Waals surface area contributed by atoms with Crippen LogP contribution in [0.1, 0.15) is 18.0 Å². The molecule has 0 aromatic carbocycles. The van der Waals surface area contributed by atoms with Gasteiger partial charge in [-0.05, 0) is 21.0 Å². The molecule has 0 saturated carbocycles. The van der Waals surface area contributed by atoms with Crippen LogP contribution in [0.25, 0.3) is 0 Å². The number of thiazole rings is 1. The van der Waals surface area contributed by atoms with E-state index in [0.29, 0.717) is 6.04 Å². The molecular weight excluding hydrogens is 144 g/mol. The monoisotopic (exact) mass is 156 g/mol. The first kappa shape index (κ1) is 7.69. The lowest BCUT2D eigenvalue weighted by atomic mass is 10.3. The molecule has 0 amide bonds. The third-order valence-corrected chi connectivity index (χ3v) is 2.53. The minimum atomic E-state index is 0.444. The van der Waals surface area contributed by atoms with Crippen molar-refractivity contribution in [2.75, 3.05) is 14.1 Å².